The van der Waals surface area contributed by atoms with Crippen LogP contribution in [0.2, 0.25) is 0 Å². The number of nitrogens with two attached hydrogens (primary N) is 1. The molecule has 0 aromatic carbocycles. The van der Waals surface area contributed by atoms with Crippen LogP contribution < -0.4 is 11.1 Å². The van der Waals surface area contributed by atoms with Gasteiger partial charge in [-0.3, -0.25) is 4.79 Å². The molecule has 1 amide bonds. The van der Waals surface area contributed by atoms with E-state index in [0.717, 1.165) is 44.9 Å². The number of carbonyl (C=O) groups excluding carboxylic acids is 1. The van der Waals surface area contributed by atoms with Gasteiger partial charge in [0.05, 0.1) is 0 Å². The molecule has 0 aliphatic heterocycles. The van der Waals surface area contributed by atoms with E-state index in [0.29, 0.717) is 24.4 Å². The Morgan fingerprint density at radius 1 is 1.16 bits per heavy atom. The molecule has 3 nitrogen and oxygen atoms in total. The fourth-order valence-corrected chi connectivity index (χ4v) is 3.03. The van der Waals surface area contributed by atoms with E-state index in [4.69, 9.17) is 5.73 Å². The van der Waals surface area contributed by atoms with Gasteiger partial charge in [-0.25, -0.2) is 0 Å². The monoisotopic (exact) mass is 268 g/mol. The van der Waals surface area contributed by atoms with Crippen LogP contribution >= 0.6 is 0 Å². The third-order valence-electron chi connectivity index (χ3n) is 4.27. The first kappa shape index (κ1) is 16.5. The average Bonchev–Trinajstić information content (AvgIpc) is 2.39. The summed E-state index contributed by atoms with van der Waals surface area (Å²) in [5, 5.41) is 3.24. The van der Waals surface area contributed by atoms with Crippen LogP contribution in [0.5, 0.6) is 0 Å². The molecule has 1 unspecified atom stereocenters. The Kier molecular flexibility index (Phi) is 8.11. The average molecular weight is 268 g/mol. The topological polar surface area (TPSA) is 55.1 Å². The molecular weight excluding hydrogens is 236 g/mol. The molecular formula is C16H32N2O. The molecule has 0 radical (unpaired) electrons. The zero-order chi connectivity index (χ0) is 14.1. The highest BCUT2D eigenvalue weighted by Crippen LogP contribution is 2.25. The summed E-state index contributed by atoms with van der Waals surface area (Å²) in [5.41, 5.74) is 5.90. The summed E-state index contributed by atoms with van der Waals surface area (Å²) in [6.07, 6.45) is 10.9. The lowest BCUT2D eigenvalue weighted by molar-refractivity contribution is -0.123. The van der Waals surface area contributed by atoms with Gasteiger partial charge in [0, 0.05) is 18.5 Å². The normalized spacial score (nSPS) is 25.0. The standard InChI is InChI=1S/C16H32N2O/c1-3-5-7-15(6-4-2)18-16(19)12-13-8-10-14(17)11-9-13/h13-15H,3-12,17H2,1-2H3,(H,18,19). The second-order valence-electron chi connectivity index (χ2n) is 6.18. The largest absolute Gasteiger partial charge is 0.353 e. The fourth-order valence-electron chi connectivity index (χ4n) is 3.03. The van der Waals surface area contributed by atoms with E-state index in [2.05, 4.69) is 19.2 Å². The van der Waals surface area contributed by atoms with Crippen LogP contribution in [-0.2, 0) is 4.79 Å². The predicted molar refractivity (Wildman–Crippen MR) is 80.9 cm³/mol. The molecule has 0 spiro atoms. The van der Waals surface area contributed by atoms with Crippen molar-refractivity contribution in [1.29, 1.82) is 0 Å². The van der Waals surface area contributed by atoms with Gasteiger partial charge in [0.1, 0.15) is 0 Å². The molecule has 1 fully saturated rings. The zero-order valence-corrected chi connectivity index (χ0v) is 12.8. The second-order valence-corrected chi connectivity index (χ2v) is 6.18. The summed E-state index contributed by atoms with van der Waals surface area (Å²) in [6, 6.07) is 0.764. The second kappa shape index (κ2) is 9.35. The molecule has 3 N–H and O–H groups in total. The summed E-state index contributed by atoms with van der Waals surface area (Å²) < 4.78 is 0. The molecule has 1 aliphatic carbocycles. The van der Waals surface area contributed by atoms with E-state index in [-0.39, 0.29) is 5.91 Å². The van der Waals surface area contributed by atoms with E-state index < -0.39 is 0 Å². The molecule has 0 aromatic rings. The highest BCUT2D eigenvalue weighted by atomic mass is 16.1. The maximum atomic E-state index is 12.1. The number of hydrogen-bond acceptors (Lipinski definition) is 2. The van der Waals surface area contributed by atoms with Crippen molar-refractivity contribution in [2.45, 2.75) is 90.1 Å². The van der Waals surface area contributed by atoms with Crippen LogP contribution in [0.3, 0.4) is 0 Å². The van der Waals surface area contributed by atoms with Crippen LogP contribution in [0.25, 0.3) is 0 Å². The predicted octanol–water partition coefficient (Wildman–Crippen LogP) is 3.37. The Morgan fingerprint density at radius 2 is 1.84 bits per heavy atom. The van der Waals surface area contributed by atoms with Crippen molar-refractivity contribution in [3.8, 4) is 0 Å². The minimum atomic E-state index is 0.259. The quantitative estimate of drug-likeness (QED) is 0.709. The van der Waals surface area contributed by atoms with Crippen LogP contribution in [0.15, 0.2) is 0 Å². The van der Waals surface area contributed by atoms with Crippen molar-refractivity contribution >= 4 is 5.91 Å². The number of carbonyl (C=O) groups is 1. The number of amides is 1. The first-order valence-corrected chi connectivity index (χ1v) is 8.20. The lowest BCUT2D eigenvalue weighted by atomic mass is 9.84. The Hall–Kier alpha value is -0.570. The third kappa shape index (κ3) is 6.95. The van der Waals surface area contributed by atoms with Gasteiger partial charge < -0.3 is 11.1 Å². The van der Waals surface area contributed by atoms with E-state index in [1.165, 1.54) is 12.8 Å². The van der Waals surface area contributed by atoms with Gasteiger partial charge in [0.2, 0.25) is 5.91 Å². The zero-order valence-electron chi connectivity index (χ0n) is 12.8. The van der Waals surface area contributed by atoms with Gasteiger partial charge in [0.15, 0.2) is 0 Å². The van der Waals surface area contributed by atoms with Gasteiger partial charge in [0.25, 0.3) is 0 Å². The summed E-state index contributed by atoms with van der Waals surface area (Å²) >= 11 is 0. The van der Waals surface area contributed by atoms with Crippen molar-refractivity contribution in [2.24, 2.45) is 11.7 Å². The lowest BCUT2D eigenvalue weighted by Crippen LogP contribution is -2.36. The van der Waals surface area contributed by atoms with Crippen LogP contribution in [0, 0.1) is 5.92 Å². The summed E-state index contributed by atoms with van der Waals surface area (Å²) in [7, 11) is 0. The molecule has 1 aliphatic rings. The maximum Gasteiger partial charge on any atom is 0.220 e. The Bertz CT molecular complexity index is 247. The van der Waals surface area contributed by atoms with E-state index in [1.54, 1.807) is 0 Å². The number of rotatable bonds is 8. The molecule has 1 atom stereocenters. The van der Waals surface area contributed by atoms with E-state index in [1.807, 2.05) is 0 Å². The minimum absolute atomic E-state index is 0.259. The van der Waals surface area contributed by atoms with Crippen molar-refractivity contribution in [3.63, 3.8) is 0 Å². The van der Waals surface area contributed by atoms with Gasteiger partial charge in [-0.15, -0.1) is 0 Å². The first-order valence-electron chi connectivity index (χ1n) is 8.20. The van der Waals surface area contributed by atoms with Gasteiger partial charge >= 0.3 is 0 Å². The summed E-state index contributed by atoms with van der Waals surface area (Å²) in [4.78, 5) is 12.1. The number of unbranched alkanes of at least 4 members (excludes halogenated alkanes) is 1. The molecule has 1 saturated carbocycles. The highest BCUT2D eigenvalue weighted by molar-refractivity contribution is 5.76. The minimum Gasteiger partial charge on any atom is -0.353 e. The van der Waals surface area contributed by atoms with Crippen LogP contribution in [0.4, 0.5) is 0 Å². The molecule has 19 heavy (non-hydrogen) atoms. The van der Waals surface area contributed by atoms with Crippen LogP contribution in [0.1, 0.15) is 78.1 Å². The molecule has 112 valence electrons. The molecule has 3 heteroatoms. The van der Waals surface area contributed by atoms with Gasteiger partial charge in [-0.2, -0.15) is 0 Å². The Morgan fingerprint density at radius 3 is 2.42 bits per heavy atom. The van der Waals surface area contributed by atoms with Crippen molar-refractivity contribution in [1.82, 2.24) is 5.32 Å². The van der Waals surface area contributed by atoms with Crippen molar-refractivity contribution < 1.29 is 4.79 Å². The summed E-state index contributed by atoms with van der Waals surface area (Å²) in [5.74, 6) is 0.822. The molecule has 0 bridgehead atoms. The first-order chi connectivity index (χ1) is 9.15. The molecule has 0 saturated heterocycles. The van der Waals surface area contributed by atoms with E-state index in [9.17, 15) is 4.79 Å². The Labute approximate surface area is 118 Å². The van der Waals surface area contributed by atoms with E-state index >= 15 is 0 Å². The Balaban J connectivity index is 2.27. The molecule has 0 heterocycles. The smallest absolute Gasteiger partial charge is 0.220 e. The third-order valence-corrected chi connectivity index (χ3v) is 4.27. The van der Waals surface area contributed by atoms with Gasteiger partial charge in [-0.1, -0.05) is 33.1 Å². The maximum absolute atomic E-state index is 12.1. The van der Waals surface area contributed by atoms with Gasteiger partial charge in [-0.05, 0) is 44.4 Å². The number of nitrogens with one attached hydrogen (secondary N) is 1. The lowest BCUT2D eigenvalue weighted by Gasteiger charge is -2.26. The summed E-state index contributed by atoms with van der Waals surface area (Å²) in [6.45, 7) is 4.39. The van der Waals surface area contributed by atoms with Crippen LogP contribution in [-0.4, -0.2) is 18.0 Å². The number of hydrogen-bond donors (Lipinski definition) is 2. The highest BCUT2D eigenvalue weighted by Gasteiger charge is 2.21. The molecule has 1 rings (SSSR count). The van der Waals surface area contributed by atoms with Crippen molar-refractivity contribution in [2.75, 3.05) is 0 Å². The van der Waals surface area contributed by atoms with Crippen molar-refractivity contribution in [3.05, 3.63) is 0 Å². The molecule has 0 aromatic heterocycles. The SMILES string of the molecule is CCCCC(CCC)NC(=O)CC1CCC(N)CC1. The fraction of sp³-hybridized carbons (Fsp3) is 0.938.